The fraction of sp³-hybridized carbons (Fsp3) is 0.333. The van der Waals surface area contributed by atoms with Crippen molar-refractivity contribution in [3.8, 4) is 11.5 Å². The van der Waals surface area contributed by atoms with E-state index in [4.69, 9.17) is 4.74 Å². The number of benzene rings is 2. The molecule has 6 heteroatoms. The number of nitro benzene ring substituents is 1. The van der Waals surface area contributed by atoms with Gasteiger partial charge in [0.2, 0.25) is 0 Å². The Labute approximate surface area is 157 Å². The lowest BCUT2D eigenvalue weighted by Crippen LogP contribution is -3.12. The molecule has 2 aliphatic rings. The maximum absolute atomic E-state index is 12.0. The van der Waals surface area contributed by atoms with Crippen molar-refractivity contribution in [1.82, 2.24) is 0 Å². The molecule has 1 aliphatic carbocycles. The normalized spacial score (nSPS) is 23.4. The third kappa shape index (κ3) is 3.06. The van der Waals surface area contributed by atoms with E-state index in [0.29, 0.717) is 6.54 Å². The van der Waals surface area contributed by atoms with Crippen LogP contribution in [-0.4, -0.2) is 25.1 Å². The van der Waals surface area contributed by atoms with Crippen molar-refractivity contribution >= 4 is 11.8 Å². The maximum atomic E-state index is 12.0. The van der Waals surface area contributed by atoms with Gasteiger partial charge in [-0.15, -0.1) is 0 Å². The first-order valence-corrected chi connectivity index (χ1v) is 9.17. The number of fused-ring (bicyclic) bond motifs is 2. The van der Waals surface area contributed by atoms with Gasteiger partial charge in [-0.2, -0.15) is 0 Å². The summed E-state index contributed by atoms with van der Waals surface area (Å²) in [6.45, 7) is 2.61. The van der Waals surface area contributed by atoms with Gasteiger partial charge < -0.3 is 14.7 Å². The number of allylic oxidation sites excluding steroid dienone is 1. The Hall–Kier alpha value is -2.86. The number of quaternary nitrogens is 1. The number of likely N-dealkylation sites (tertiary alicyclic amines) is 1. The SMILES string of the molecule is COc1cc(C[NH+]2CCC3(C=Cc4ccccc43)CC2)cc([N+](=O)[O-])c1[O-]. The molecule has 1 aliphatic heterocycles. The molecule has 0 saturated carbocycles. The van der Waals surface area contributed by atoms with E-state index in [9.17, 15) is 15.2 Å². The van der Waals surface area contributed by atoms with Gasteiger partial charge in [0.15, 0.2) is 0 Å². The van der Waals surface area contributed by atoms with Crippen LogP contribution >= 0.6 is 0 Å². The fourth-order valence-electron chi connectivity index (χ4n) is 4.42. The molecule has 1 heterocycles. The molecule has 140 valence electrons. The Kier molecular flexibility index (Phi) is 4.36. The van der Waals surface area contributed by atoms with Gasteiger partial charge in [0.25, 0.3) is 5.69 Å². The van der Waals surface area contributed by atoms with Crippen molar-refractivity contribution in [3.05, 3.63) is 69.3 Å². The van der Waals surface area contributed by atoms with Crippen molar-refractivity contribution in [2.45, 2.75) is 24.8 Å². The van der Waals surface area contributed by atoms with E-state index in [1.54, 1.807) is 6.07 Å². The zero-order valence-electron chi connectivity index (χ0n) is 15.2. The molecule has 4 rings (SSSR count). The van der Waals surface area contributed by atoms with Crippen LogP contribution < -0.4 is 14.7 Å². The van der Waals surface area contributed by atoms with E-state index in [0.717, 1.165) is 31.5 Å². The number of piperidine rings is 1. The number of methoxy groups -OCH3 is 1. The zero-order valence-corrected chi connectivity index (χ0v) is 15.2. The largest absolute Gasteiger partial charge is 0.865 e. The van der Waals surface area contributed by atoms with Crippen LogP contribution in [0.2, 0.25) is 0 Å². The summed E-state index contributed by atoms with van der Waals surface area (Å²) in [5, 5.41) is 23.1. The first-order valence-electron chi connectivity index (χ1n) is 9.17. The van der Waals surface area contributed by atoms with Gasteiger partial charge in [0.1, 0.15) is 12.3 Å². The lowest BCUT2D eigenvalue weighted by Gasteiger charge is -2.37. The predicted octanol–water partition coefficient (Wildman–Crippen LogP) is 1.82. The summed E-state index contributed by atoms with van der Waals surface area (Å²) >= 11 is 0. The Morgan fingerprint density at radius 3 is 2.67 bits per heavy atom. The van der Waals surface area contributed by atoms with Gasteiger partial charge in [-0.25, -0.2) is 0 Å². The molecule has 0 amide bonds. The lowest BCUT2D eigenvalue weighted by atomic mass is 9.74. The molecule has 27 heavy (non-hydrogen) atoms. The summed E-state index contributed by atoms with van der Waals surface area (Å²) in [4.78, 5) is 11.9. The quantitative estimate of drug-likeness (QED) is 0.661. The minimum Gasteiger partial charge on any atom is -0.865 e. The molecular formula is C21H22N2O4. The molecule has 1 spiro atoms. The molecule has 0 unspecified atom stereocenters. The second-order valence-electron chi connectivity index (χ2n) is 7.41. The lowest BCUT2D eigenvalue weighted by molar-refractivity contribution is -0.919. The van der Waals surface area contributed by atoms with Gasteiger partial charge in [0, 0.05) is 35.6 Å². The number of nitrogens with zero attached hydrogens (tertiary/aromatic N) is 1. The Balaban J connectivity index is 1.50. The van der Waals surface area contributed by atoms with Crippen LogP contribution in [0.1, 0.15) is 29.5 Å². The van der Waals surface area contributed by atoms with Crippen molar-refractivity contribution in [2.75, 3.05) is 20.2 Å². The molecule has 2 aromatic carbocycles. The highest BCUT2D eigenvalue weighted by molar-refractivity contribution is 5.65. The summed E-state index contributed by atoms with van der Waals surface area (Å²) in [6.07, 6.45) is 6.67. The van der Waals surface area contributed by atoms with E-state index in [2.05, 4.69) is 36.4 Å². The first kappa shape index (κ1) is 17.5. The predicted molar refractivity (Wildman–Crippen MR) is 99.9 cm³/mol. The number of ether oxygens (including phenoxy) is 1. The molecule has 1 fully saturated rings. The Morgan fingerprint density at radius 1 is 1.22 bits per heavy atom. The van der Waals surface area contributed by atoms with Crippen LogP contribution in [-0.2, 0) is 12.0 Å². The van der Waals surface area contributed by atoms with Crippen LogP contribution in [0.25, 0.3) is 6.08 Å². The molecular weight excluding hydrogens is 344 g/mol. The summed E-state index contributed by atoms with van der Waals surface area (Å²) in [7, 11) is 1.37. The second-order valence-corrected chi connectivity index (χ2v) is 7.41. The fourth-order valence-corrected chi connectivity index (χ4v) is 4.42. The summed E-state index contributed by atoms with van der Waals surface area (Å²) in [6, 6.07) is 11.6. The van der Waals surface area contributed by atoms with Gasteiger partial charge in [-0.05, 0) is 17.2 Å². The van der Waals surface area contributed by atoms with Crippen LogP contribution in [0.5, 0.6) is 11.5 Å². The first-order chi connectivity index (χ1) is 13.0. The van der Waals surface area contributed by atoms with E-state index >= 15 is 0 Å². The third-order valence-corrected chi connectivity index (χ3v) is 5.89. The molecule has 0 radical (unpaired) electrons. The van der Waals surface area contributed by atoms with E-state index in [-0.39, 0.29) is 11.2 Å². The van der Waals surface area contributed by atoms with Crippen molar-refractivity contribution in [2.24, 2.45) is 0 Å². The molecule has 0 bridgehead atoms. The minimum absolute atomic E-state index is 0.0414. The average Bonchev–Trinajstić information content (AvgIpc) is 3.03. The van der Waals surface area contributed by atoms with E-state index in [1.165, 1.54) is 29.2 Å². The van der Waals surface area contributed by atoms with Crippen LogP contribution in [0.15, 0.2) is 42.5 Å². The summed E-state index contributed by atoms with van der Waals surface area (Å²) < 4.78 is 5.05. The van der Waals surface area contributed by atoms with Gasteiger partial charge in [-0.1, -0.05) is 36.4 Å². The average molecular weight is 366 g/mol. The number of nitrogens with one attached hydrogen (secondary N) is 1. The number of hydrogen-bond donors (Lipinski definition) is 1. The topological polar surface area (TPSA) is 79.9 Å². The number of hydrogen-bond acceptors (Lipinski definition) is 4. The molecule has 1 saturated heterocycles. The summed E-state index contributed by atoms with van der Waals surface area (Å²) in [5.74, 6) is -0.619. The highest BCUT2D eigenvalue weighted by Crippen LogP contribution is 2.41. The van der Waals surface area contributed by atoms with E-state index < -0.39 is 16.4 Å². The third-order valence-electron chi connectivity index (χ3n) is 5.89. The molecule has 1 N–H and O–H groups in total. The monoisotopic (exact) mass is 366 g/mol. The molecule has 2 aromatic rings. The number of nitro groups is 1. The van der Waals surface area contributed by atoms with Crippen molar-refractivity contribution < 1.29 is 19.7 Å². The van der Waals surface area contributed by atoms with Crippen molar-refractivity contribution in [1.29, 1.82) is 0 Å². The maximum Gasteiger partial charge on any atom is 0.265 e. The zero-order chi connectivity index (χ0) is 19.0. The van der Waals surface area contributed by atoms with E-state index in [1.807, 2.05) is 0 Å². The highest BCUT2D eigenvalue weighted by Gasteiger charge is 2.39. The molecule has 0 aromatic heterocycles. The van der Waals surface area contributed by atoms with Crippen LogP contribution in [0.3, 0.4) is 0 Å². The standard InChI is InChI=1S/C21H22N2O4/c1-27-19-13-15(12-18(20(19)24)23(25)26)14-22-10-8-21(9-11-22)7-6-16-4-2-3-5-17(16)21/h2-7,12-13,24H,8-11,14H2,1H3. The molecule has 6 nitrogen and oxygen atoms in total. The number of rotatable bonds is 4. The second kappa shape index (κ2) is 6.70. The molecule has 0 atom stereocenters. The highest BCUT2D eigenvalue weighted by atomic mass is 16.6. The van der Waals surface area contributed by atoms with Gasteiger partial charge in [0.05, 0.1) is 25.1 Å². The minimum atomic E-state index is -0.661. The smallest absolute Gasteiger partial charge is 0.265 e. The Morgan fingerprint density at radius 2 is 1.96 bits per heavy atom. The van der Waals surface area contributed by atoms with Crippen molar-refractivity contribution in [3.63, 3.8) is 0 Å². The Bertz CT molecular complexity index is 914. The summed E-state index contributed by atoms with van der Waals surface area (Å²) in [5.41, 5.74) is 3.21. The van der Waals surface area contributed by atoms with Crippen LogP contribution in [0.4, 0.5) is 5.69 Å². The van der Waals surface area contributed by atoms with Gasteiger partial charge >= 0.3 is 0 Å². The van der Waals surface area contributed by atoms with Crippen LogP contribution in [0, 0.1) is 10.1 Å². The van der Waals surface area contributed by atoms with Gasteiger partial charge in [-0.3, -0.25) is 10.1 Å².